The molecule has 0 saturated carbocycles. The summed E-state index contributed by atoms with van der Waals surface area (Å²) in [6.07, 6.45) is 9.32. The number of esters is 1. The first kappa shape index (κ1) is 19.1. The predicted molar refractivity (Wildman–Crippen MR) is 89.3 cm³/mol. The minimum absolute atomic E-state index is 0.0174. The van der Waals surface area contributed by atoms with Gasteiger partial charge in [-0.2, -0.15) is 0 Å². The molecule has 0 amide bonds. The predicted octanol–water partition coefficient (Wildman–Crippen LogP) is 3.97. The van der Waals surface area contributed by atoms with E-state index >= 15 is 0 Å². The summed E-state index contributed by atoms with van der Waals surface area (Å²) < 4.78 is 5.15. The second-order valence-corrected chi connectivity index (χ2v) is 5.59. The summed E-state index contributed by atoms with van der Waals surface area (Å²) in [6, 6.07) is 5.54. The fraction of sp³-hybridized carbons (Fsp3) is 0.588. The molecule has 0 aromatic heterocycles. The van der Waals surface area contributed by atoms with Gasteiger partial charge in [-0.1, -0.05) is 38.5 Å². The van der Waals surface area contributed by atoms with Gasteiger partial charge in [-0.15, -0.1) is 0 Å². The van der Waals surface area contributed by atoms with Crippen molar-refractivity contribution in [2.45, 2.75) is 57.8 Å². The van der Waals surface area contributed by atoms with Crippen molar-refractivity contribution >= 4 is 11.7 Å². The van der Waals surface area contributed by atoms with Crippen molar-refractivity contribution < 1.29 is 14.5 Å². The molecule has 0 saturated heterocycles. The van der Waals surface area contributed by atoms with Gasteiger partial charge >= 0.3 is 5.97 Å². The molecule has 0 bridgehead atoms. The minimum Gasteiger partial charge on any atom is -0.427 e. The molecule has 6 heteroatoms. The molecule has 128 valence electrons. The summed E-state index contributed by atoms with van der Waals surface area (Å²) in [6.45, 7) is 0.775. The lowest BCUT2D eigenvalue weighted by molar-refractivity contribution is -0.384. The molecule has 0 aliphatic carbocycles. The summed E-state index contributed by atoms with van der Waals surface area (Å²) in [4.78, 5) is 21.7. The standard InChI is InChI=1S/C17H26N2O4/c18-14-8-6-4-2-1-3-5-7-9-17(20)23-16-12-10-15(11-13-16)19(21)22/h10-13H,1-9,14,18H2. The number of carbonyl (C=O) groups excluding carboxylic acids is 1. The van der Waals surface area contributed by atoms with Crippen molar-refractivity contribution in [3.05, 3.63) is 34.4 Å². The van der Waals surface area contributed by atoms with Crippen LogP contribution in [0.1, 0.15) is 57.8 Å². The molecule has 0 aliphatic heterocycles. The Morgan fingerprint density at radius 3 is 2.00 bits per heavy atom. The second kappa shape index (κ2) is 11.6. The number of hydrogen-bond donors (Lipinski definition) is 1. The molecule has 0 spiro atoms. The topological polar surface area (TPSA) is 95.5 Å². The van der Waals surface area contributed by atoms with Gasteiger partial charge in [-0.3, -0.25) is 14.9 Å². The Labute approximate surface area is 137 Å². The van der Waals surface area contributed by atoms with Gasteiger partial charge in [0.2, 0.25) is 0 Å². The number of nitrogens with zero attached hydrogens (tertiary/aromatic N) is 1. The van der Waals surface area contributed by atoms with Gasteiger partial charge in [0.15, 0.2) is 0 Å². The van der Waals surface area contributed by atoms with E-state index in [0.717, 1.165) is 32.2 Å². The third kappa shape index (κ3) is 8.93. The van der Waals surface area contributed by atoms with Gasteiger partial charge in [0.1, 0.15) is 5.75 Å². The lowest BCUT2D eigenvalue weighted by Crippen LogP contribution is -2.07. The highest BCUT2D eigenvalue weighted by Crippen LogP contribution is 2.18. The van der Waals surface area contributed by atoms with Crippen LogP contribution in [-0.2, 0) is 4.79 Å². The molecular formula is C17H26N2O4. The third-order valence-electron chi connectivity index (χ3n) is 3.61. The molecule has 2 N–H and O–H groups in total. The van der Waals surface area contributed by atoms with E-state index in [1.54, 1.807) is 0 Å². The van der Waals surface area contributed by atoms with Crippen LogP contribution in [0.3, 0.4) is 0 Å². The van der Waals surface area contributed by atoms with Gasteiger partial charge in [-0.25, -0.2) is 0 Å². The van der Waals surface area contributed by atoms with Crippen LogP contribution in [0.25, 0.3) is 0 Å². The van der Waals surface area contributed by atoms with E-state index in [4.69, 9.17) is 10.5 Å². The van der Waals surface area contributed by atoms with Crippen LogP contribution < -0.4 is 10.5 Å². The van der Waals surface area contributed by atoms with Gasteiger partial charge in [0, 0.05) is 18.6 Å². The van der Waals surface area contributed by atoms with Crippen LogP contribution in [0.15, 0.2) is 24.3 Å². The first-order valence-corrected chi connectivity index (χ1v) is 8.28. The number of carbonyl (C=O) groups is 1. The van der Waals surface area contributed by atoms with Crippen molar-refractivity contribution in [3.63, 3.8) is 0 Å². The smallest absolute Gasteiger partial charge is 0.311 e. The summed E-state index contributed by atoms with van der Waals surface area (Å²) in [7, 11) is 0. The van der Waals surface area contributed by atoms with E-state index in [2.05, 4.69) is 0 Å². The molecule has 1 aromatic carbocycles. The first-order valence-electron chi connectivity index (χ1n) is 8.28. The lowest BCUT2D eigenvalue weighted by Gasteiger charge is -2.04. The number of non-ortho nitro benzene ring substituents is 1. The molecule has 6 nitrogen and oxygen atoms in total. The largest absolute Gasteiger partial charge is 0.427 e. The third-order valence-corrected chi connectivity index (χ3v) is 3.61. The zero-order valence-corrected chi connectivity index (χ0v) is 13.5. The van der Waals surface area contributed by atoms with Crippen molar-refractivity contribution in [2.24, 2.45) is 5.73 Å². The Kier molecular flexibility index (Phi) is 9.63. The molecule has 0 fully saturated rings. The van der Waals surface area contributed by atoms with Crippen molar-refractivity contribution in [1.29, 1.82) is 0 Å². The Morgan fingerprint density at radius 1 is 0.957 bits per heavy atom. The maximum Gasteiger partial charge on any atom is 0.311 e. The molecule has 0 aliphatic rings. The monoisotopic (exact) mass is 322 g/mol. The highest BCUT2D eigenvalue weighted by atomic mass is 16.6. The van der Waals surface area contributed by atoms with Crippen molar-refractivity contribution in [3.8, 4) is 5.75 Å². The average Bonchev–Trinajstić information content (AvgIpc) is 2.54. The molecule has 23 heavy (non-hydrogen) atoms. The second-order valence-electron chi connectivity index (χ2n) is 5.59. The number of hydrogen-bond acceptors (Lipinski definition) is 5. The lowest BCUT2D eigenvalue weighted by atomic mass is 10.1. The molecule has 0 radical (unpaired) electrons. The Morgan fingerprint density at radius 2 is 1.48 bits per heavy atom. The highest BCUT2D eigenvalue weighted by molar-refractivity contribution is 5.72. The van der Waals surface area contributed by atoms with Crippen LogP contribution in [0, 0.1) is 10.1 Å². The van der Waals surface area contributed by atoms with Gasteiger partial charge in [0.05, 0.1) is 4.92 Å². The fourth-order valence-electron chi connectivity index (χ4n) is 2.29. The van der Waals surface area contributed by atoms with Gasteiger partial charge in [-0.05, 0) is 31.5 Å². The van der Waals surface area contributed by atoms with E-state index in [1.165, 1.54) is 49.9 Å². The number of nitro groups is 1. The summed E-state index contributed by atoms with van der Waals surface area (Å²) >= 11 is 0. The zero-order valence-electron chi connectivity index (χ0n) is 13.5. The summed E-state index contributed by atoms with van der Waals surface area (Å²) in [5, 5.41) is 10.5. The molecule has 1 aromatic rings. The number of ether oxygens (including phenoxy) is 1. The Bertz CT molecular complexity index is 474. The first-order chi connectivity index (χ1) is 11.1. The summed E-state index contributed by atoms with van der Waals surface area (Å²) in [5.41, 5.74) is 5.42. The van der Waals surface area contributed by atoms with Crippen LogP contribution in [-0.4, -0.2) is 17.4 Å². The number of rotatable bonds is 12. The number of benzene rings is 1. The maximum absolute atomic E-state index is 11.7. The van der Waals surface area contributed by atoms with E-state index in [1.807, 2.05) is 0 Å². The Hall–Kier alpha value is -1.95. The number of unbranched alkanes of at least 4 members (excludes halogenated alkanes) is 7. The van der Waals surface area contributed by atoms with E-state index in [9.17, 15) is 14.9 Å². The molecule has 0 unspecified atom stereocenters. The minimum atomic E-state index is -0.484. The average molecular weight is 322 g/mol. The quantitative estimate of drug-likeness (QED) is 0.206. The van der Waals surface area contributed by atoms with Crippen LogP contribution in [0.2, 0.25) is 0 Å². The molecule has 0 atom stereocenters. The Balaban J connectivity index is 2.07. The van der Waals surface area contributed by atoms with Gasteiger partial charge in [0.25, 0.3) is 5.69 Å². The van der Waals surface area contributed by atoms with Crippen molar-refractivity contribution in [1.82, 2.24) is 0 Å². The highest BCUT2D eigenvalue weighted by Gasteiger charge is 2.08. The molecule has 1 rings (SSSR count). The zero-order chi connectivity index (χ0) is 16.9. The van der Waals surface area contributed by atoms with E-state index in [-0.39, 0.29) is 11.7 Å². The molecular weight excluding hydrogens is 296 g/mol. The van der Waals surface area contributed by atoms with Crippen LogP contribution >= 0.6 is 0 Å². The normalized spacial score (nSPS) is 10.5. The SMILES string of the molecule is NCCCCCCCCCCC(=O)Oc1ccc([N+](=O)[O-])cc1. The number of nitrogens with two attached hydrogens (primary N) is 1. The fourth-order valence-corrected chi connectivity index (χ4v) is 2.29. The molecule has 0 heterocycles. The van der Waals surface area contributed by atoms with Crippen LogP contribution in [0.5, 0.6) is 5.75 Å². The van der Waals surface area contributed by atoms with Crippen LogP contribution in [0.4, 0.5) is 5.69 Å². The summed E-state index contributed by atoms with van der Waals surface area (Å²) in [5.74, 6) is 0.0577. The van der Waals surface area contributed by atoms with Crippen molar-refractivity contribution in [2.75, 3.05) is 6.54 Å². The maximum atomic E-state index is 11.7. The number of nitro benzene ring substituents is 1. The van der Waals surface area contributed by atoms with E-state index in [0.29, 0.717) is 12.2 Å². The van der Waals surface area contributed by atoms with Gasteiger partial charge < -0.3 is 10.5 Å². The van der Waals surface area contributed by atoms with E-state index < -0.39 is 4.92 Å².